The first-order chi connectivity index (χ1) is 7.22. The van der Waals surface area contributed by atoms with E-state index >= 15 is 0 Å². The summed E-state index contributed by atoms with van der Waals surface area (Å²) < 4.78 is 5.12. The van der Waals surface area contributed by atoms with Gasteiger partial charge in [0.2, 0.25) is 5.78 Å². The summed E-state index contributed by atoms with van der Waals surface area (Å²) in [5, 5.41) is 0. The van der Waals surface area contributed by atoms with Crippen molar-refractivity contribution in [2.75, 3.05) is 0 Å². The van der Waals surface area contributed by atoms with Crippen molar-refractivity contribution in [2.45, 2.75) is 66.4 Å². The summed E-state index contributed by atoms with van der Waals surface area (Å²) in [6.07, 6.45) is 2.04. The molecular weight excluding hydrogens is 204 g/mol. The highest BCUT2D eigenvalue weighted by molar-refractivity contribution is 6.35. The van der Waals surface area contributed by atoms with E-state index < -0.39 is 17.0 Å². The Bertz CT molecular complexity index is 249. The molecule has 0 aliphatic heterocycles. The molecule has 0 saturated carbocycles. The molecule has 0 heterocycles. The van der Waals surface area contributed by atoms with Gasteiger partial charge in [0.1, 0.15) is 5.60 Å². The van der Waals surface area contributed by atoms with Crippen molar-refractivity contribution < 1.29 is 14.3 Å². The zero-order chi connectivity index (χ0) is 13.0. The minimum Gasteiger partial charge on any atom is -0.454 e. The summed E-state index contributed by atoms with van der Waals surface area (Å²) in [5.41, 5.74) is -1.14. The van der Waals surface area contributed by atoms with E-state index in [1.54, 1.807) is 20.8 Å². The molecule has 0 aromatic heterocycles. The van der Waals surface area contributed by atoms with E-state index in [1.807, 2.05) is 20.8 Å². The van der Waals surface area contributed by atoms with Gasteiger partial charge in [0.15, 0.2) is 0 Å². The summed E-state index contributed by atoms with van der Waals surface area (Å²) in [6, 6.07) is 0. The Kier molecular flexibility index (Phi) is 5.17. The molecule has 0 saturated heterocycles. The van der Waals surface area contributed by atoms with Crippen LogP contribution < -0.4 is 0 Å². The minimum absolute atomic E-state index is 0.380. The second-order valence-electron chi connectivity index (χ2n) is 5.17. The summed E-state index contributed by atoms with van der Waals surface area (Å²) in [5.74, 6) is -1.08. The summed E-state index contributed by atoms with van der Waals surface area (Å²) in [4.78, 5) is 23.8. The lowest BCUT2D eigenvalue weighted by Gasteiger charge is -2.29. The topological polar surface area (TPSA) is 43.4 Å². The van der Waals surface area contributed by atoms with Gasteiger partial charge in [0, 0.05) is 5.41 Å². The zero-order valence-corrected chi connectivity index (χ0v) is 11.3. The molecule has 0 fully saturated rings. The van der Waals surface area contributed by atoms with E-state index in [2.05, 4.69) is 0 Å². The van der Waals surface area contributed by atoms with Crippen molar-refractivity contribution in [3.63, 3.8) is 0 Å². The molecule has 3 heteroatoms. The lowest BCUT2D eigenvalue weighted by atomic mass is 9.76. The average molecular weight is 228 g/mol. The first-order valence-corrected chi connectivity index (χ1v) is 6.00. The number of ketones is 1. The van der Waals surface area contributed by atoms with Crippen LogP contribution in [0.5, 0.6) is 0 Å². The van der Waals surface area contributed by atoms with Crippen molar-refractivity contribution in [3.8, 4) is 0 Å². The van der Waals surface area contributed by atoms with Crippen LogP contribution in [0.15, 0.2) is 0 Å². The predicted molar refractivity (Wildman–Crippen MR) is 64.2 cm³/mol. The highest BCUT2D eigenvalue weighted by Crippen LogP contribution is 2.32. The lowest BCUT2D eigenvalue weighted by molar-refractivity contribution is -0.167. The Morgan fingerprint density at radius 2 is 1.31 bits per heavy atom. The maximum absolute atomic E-state index is 12.1. The molecule has 0 N–H and O–H groups in total. The van der Waals surface area contributed by atoms with Crippen molar-refractivity contribution in [1.29, 1.82) is 0 Å². The van der Waals surface area contributed by atoms with Gasteiger partial charge in [0.05, 0.1) is 0 Å². The smallest absolute Gasteiger partial charge is 0.375 e. The van der Waals surface area contributed by atoms with Crippen LogP contribution in [0.3, 0.4) is 0 Å². The summed E-state index contributed by atoms with van der Waals surface area (Å²) in [7, 11) is 0. The SMILES string of the molecule is CCC(CC)(CC)C(=O)C(=O)OC(C)(C)C. The Hall–Kier alpha value is -0.860. The Labute approximate surface area is 98.6 Å². The number of esters is 1. The molecule has 0 radical (unpaired) electrons. The predicted octanol–water partition coefficient (Wildman–Crippen LogP) is 3.11. The quantitative estimate of drug-likeness (QED) is 0.536. The highest BCUT2D eigenvalue weighted by Gasteiger charge is 2.39. The largest absolute Gasteiger partial charge is 0.454 e. The molecule has 94 valence electrons. The van der Waals surface area contributed by atoms with E-state index in [1.165, 1.54) is 0 Å². The van der Waals surface area contributed by atoms with Gasteiger partial charge in [-0.15, -0.1) is 0 Å². The fourth-order valence-electron chi connectivity index (χ4n) is 1.77. The minimum atomic E-state index is -0.696. The fourth-order valence-corrected chi connectivity index (χ4v) is 1.77. The summed E-state index contributed by atoms with van der Waals surface area (Å²) >= 11 is 0. The number of hydrogen-bond donors (Lipinski definition) is 0. The normalized spacial score (nSPS) is 12.4. The number of hydrogen-bond acceptors (Lipinski definition) is 3. The third-order valence-electron chi connectivity index (χ3n) is 3.10. The van der Waals surface area contributed by atoms with E-state index in [4.69, 9.17) is 4.74 Å². The third-order valence-corrected chi connectivity index (χ3v) is 3.10. The van der Waals surface area contributed by atoms with Crippen LogP contribution in [0.1, 0.15) is 60.8 Å². The number of carbonyl (C=O) groups is 2. The molecule has 0 atom stereocenters. The monoisotopic (exact) mass is 228 g/mol. The van der Waals surface area contributed by atoms with Crippen LogP contribution in [-0.4, -0.2) is 17.4 Å². The van der Waals surface area contributed by atoms with Crippen LogP contribution in [0.25, 0.3) is 0 Å². The molecule has 0 spiro atoms. The maximum Gasteiger partial charge on any atom is 0.375 e. The Balaban J connectivity index is 4.83. The van der Waals surface area contributed by atoms with E-state index in [0.29, 0.717) is 19.3 Å². The molecule has 0 unspecified atom stereocenters. The fraction of sp³-hybridized carbons (Fsp3) is 0.846. The van der Waals surface area contributed by atoms with Crippen LogP contribution in [0.4, 0.5) is 0 Å². The molecule has 0 bridgehead atoms. The van der Waals surface area contributed by atoms with Crippen LogP contribution >= 0.6 is 0 Å². The second kappa shape index (κ2) is 5.46. The standard InChI is InChI=1S/C13H24O3/c1-7-13(8-2,9-3)10(14)11(15)16-12(4,5)6/h7-9H2,1-6H3. The van der Waals surface area contributed by atoms with E-state index in [9.17, 15) is 9.59 Å². The van der Waals surface area contributed by atoms with Gasteiger partial charge in [-0.2, -0.15) is 0 Å². The second-order valence-corrected chi connectivity index (χ2v) is 5.17. The third kappa shape index (κ3) is 3.62. The van der Waals surface area contributed by atoms with Crippen molar-refractivity contribution in [2.24, 2.45) is 5.41 Å². The molecule has 0 amide bonds. The number of carbonyl (C=O) groups excluding carboxylic acids is 2. The first kappa shape index (κ1) is 15.1. The average Bonchev–Trinajstić information content (AvgIpc) is 2.18. The van der Waals surface area contributed by atoms with Gasteiger partial charge in [-0.1, -0.05) is 20.8 Å². The molecule has 3 nitrogen and oxygen atoms in total. The molecule has 0 rings (SSSR count). The van der Waals surface area contributed by atoms with Crippen molar-refractivity contribution in [3.05, 3.63) is 0 Å². The van der Waals surface area contributed by atoms with Gasteiger partial charge >= 0.3 is 5.97 Å². The van der Waals surface area contributed by atoms with Crippen molar-refractivity contribution >= 4 is 11.8 Å². The molecule has 0 aliphatic rings. The molecule has 16 heavy (non-hydrogen) atoms. The van der Waals surface area contributed by atoms with Gasteiger partial charge < -0.3 is 4.74 Å². The van der Waals surface area contributed by atoms with Crippen LogP contribution in [-0.2, 0) is 14.3 Å². The van der Waals surface area contributed by atoms with Gasteiger partial charge in [0.25, 0.3) is 0 Å². The molecular formula is C13H24O3. The van der Waals surface area contributed by atoms with Gasteiger partial charge in [-0.25, -0.2) is 4.79 Å². The van der Waals surface area contributed by atoms with E-state index in [-0.39, 0.29) is 5.78 Å². The van der Waals surface area contributed by atoms with Gasteiger partial charge in [-0.3, -0.25) is 4.79 Å². The maximum atomic E-state index is 12.1. The number of ether oxygens (including phenoxy) is 1. The number of rotatable bonds is 5. The first-order valence-electron chi connectivity index (χ1n) is 6.00. The Morgan fingerprint density at radius 1 is 0.938 bits per heavy atom. The Morgan fingerprint density at radius 3 is 1.56 bits per heavy atom. The van der Waals surface area contributed by atoms with Gasteiger partial charge in [-0.05, 0) is 40.0 Å². The van der Waals surface area contributed by atoms with E-state index in [0.717, 1.165) is 0 Å². The molecule has 0 aromatic rings. The molecule has 0 aliphatic carbocycles. The van der Waals surface area contributed by atoms with Crippen LogP contribution in [0, 0.1) is 5.41 Å². The molecule has 0 aromatic carbocycles. The zero-order valence-electron chi connectivity index (χ0n) is 11.3. The highest BCUT2D eigenvalue weighted by atomic mass is 16.6. The van der Waals surface area contributed by atoms with Crippen LogP contribution in [0.2, 0.25) is 0 Å². The van der Waals surface area contributed by atoms with Crippen molar-refractivity contribution in [1.82, 2.24) is 0 Å². The summed E-state index contributed by atoms with van der Waals surface area (Å²) in [6.45, 7) is 11.1. The number of Topliss-reactive ketones (excluding diaryl/α,β-unsaturated/α-hetero) is 1. The lowest BCUT2D eigenvalue weighted by Crippen LogP contribution is -2.39.